The van der Waals surface area contributed by atoms with E-state index in [1.165, 1.54) is 19.2 Å². The minimum atomic E-state index is -0.956. The molecule has 0 bridgehead atoms. The van der Waals surface area contributed by atoms with E-state index in [9.17, 15) is 19.7 Å². The molecule has 0 unspecified atom stereocenters. The van der Waals surface area contributed by atoms with Crippen LogP contribution in [0.4, 0.5) is 11.4 Å². The van der Waals surface area contributed by atoms with Crippen molar-refractivity contribution in [1.29, 1.82) is 0 Å². The molecule has 0 aliphatic carbocycles. The van der Waals surface area contributed by atoms with Crippen LogP contribution in [0, 0.1) is 10.1 Å². The summed E-state index contributed by atoms with van der Waals surface area (Å²) in [6.07, 6.45) is 3.13. The van der Waals surface area contributed by atoms with Crippen molar-refractivity contribution in [2.45, 2.75) is 6.54 Å². The summed E-state index contributed by atoms with van der Waals surface area (Å²) in [5.41, 5.74) is 0.582. The number of hydrogen-bond acceptors (Lipinski definition) is 6. The van der Waals surface area contributed by atoms with Crippen LogP contribution in [-0.4, -0.2) is 28.8 Å². The number of carbonyl (C=O) groups is 2. The van der Waals surface area contributed by atoms with E-state index in [0.29, 0.717) is 0 Å². The Morgan fingerprint density at radius 3 is 2.54 bits per heavy atom. The van der Waals surface area contributed by atoms with E-state index in [4.69, 9.17) is 4.74 Å². The standard InChI is InChI=1S/C15H14N4O5/c1-24-13-3-2-11(19(22)23)8-12(13)18-15(21)14(20)17-9-10-4-6-16-7-5-10/h2-8H,9H2,1H3,(H,17,20)(H,18,21). The maximum absolute atomic E-state index is 11.9. The number of amides is 2. The third-order valence-electron chi connectivity index (χ3n) is 3.05. The third kappa shape index (κ3) is 4.26. The molecule has 0 aliphatic heterocycles. The summed E-state index contributed by atoms with van der Waals surface area (Å²) in [6, 6.07) is 7.08. The Morgan fingerprint density at radius 2 is 1.92 bits per heavy atom. The van der Waals surface area contributed by atoms with Crippen LogP contribution < -0.4 is 15.4 Å². The van der Waals surface area contributed by atoms with Crippen LogP contribution in [0.1, 0.15) is 5.56 Å². The number of non-ortho nitro benzene ring substituents is 1. The van der Waals surface area contributed by atoms with E-state index < -0.39 is 16.7 Å². The van der Waals surface area contributed by atoms with Crippen LogP contribution in [0.2, 0.25) is 0 Å². The van der Waals surface area contributed by atoms with Crippen LogP contribution in [0.15, 0.2) is 42.7 Å². The van der Waals surface area contributed by atoms with Crippen molar-refractivity contribution in [3.8, 4) is 5.75 Å². The largest absolute Gasteiger partial charge is 0.495 e. The average molecular weight is 330 g/mol. The molecule has 124 valence electrons. The molecule has 0 saturated carbocycles. The Balaban J connectivity index is 2.04. The van der Waals surface area contributed by atoms with E-state index in [1.54, 1.807) is 24.5 Å². The SMILES string of the molecule is COc1ccc([N+](=O)[O-])cc1NC(=O)C(=O)NCc1ccncc1. The predicted molar refractivity (Wildman–Crippen MR) is 84.4 cm³/mol. The number of hydrogen-bond donors (Lipinski definition) is 2. The first-order valence-corrected chi connectivity index (χ1v) is 6.81. The van der Waals surface area contributed by atoms with Gasteiger partial charge < -0.3 is 15.4 Å². The molecule has 0 fully saturated rings. The third-order valence-corrected chi connectivity index (χ3v) is 3.05. The lowest BCUT2D eigenvalue weighted by molar-refractivity contribution is -0.384. The van der Waals surface area contributed by atoms with Crippen LogP contribution in [-0.2, 0) is 16.1 Å². The lowest BCUT2D eigenvalue weighted by Crippen LogP contribution is -2.35. The molecular formula is C15H14N4O5. The average Bonchev–Trinajstić information content (AvgIpc) is 2.60. The minimum Gasteiger partial charge on any atom is -0.495 e. The van der Waals surface area contributed by atoms with Crippen molar-refractivity contribution in [3.05, 3.63) is 58.4 Å². The number of aromatic nitrogens is 1. The summed E-state index contributed by atoms with van der Waals surface area (Å²) in [4.78, 5) is 37.8. The van der Waals surface area contributed by atoms with Gasteiger partial charge in [-0.1, -0.05) is 0 Å². The molecule has 0 saturated heterocycles. The second kappa shape index (κ2) is 7.68. The fourth-order valence-corrected chi connectivity index (χ4v) is 1.85. The number of nitrogens with one attached hydrogen (secondary N) is 2. The van der Waals surface area contributed by atoms with E-state index >= 15 is 0 Å². The second-order valence-corrected chi connectivity index (χ2v) is 4.63. The number of nitro benzene ring substituents is 1. The summed E-state index contributed by atoms with van der Waals surface area (Å²) < 4.78 is 5.01. The van der Waals surface area contributed by atoms with Gasteiger partial charge in [-0.3, -0.25) is 24.7 Å². The summed E-state index contributed by atoms with van der Waals surface area (Å²) in [6.45, 7) is 0.154. The van der Waals surface area contributed by atoms with Gasteiger partial charge in [-0.2, -0.15) is 0 Å². The van der Waals surface area contributed by atoms with E-state index in [0.717, 1.165) is 11.6 Å². The van der Waals surface area contributed by atoms with Crippen LogP contribution in [0.3, 0.4) is 0 Å². The topological polar surface area (TPSA) is 123 Å². The predicted octanol–water partition coefficient (Wildman–Crippen LogP) is 1.25. The van der Waals surface area contributed by atoms with Crippen molar-refractivity contribution in [3.63, 3.8) is 0 Å². The number of anilines is 1. The first kappa shape index (κ1) is 16.9. The molecule has 2 aromatic rings. The Labute approximate surface area is 136 Å². The van der Waals surface area contributed by atoms with Gasteiger partial charge in [0.2, 0.25) is 0 Å². The molecule has 1 heterocycles. The smallest absolute Gasteiger partial charge is 0.313 e. The fraction of sp³-hybridized carbons (Fsp3) is 0.133. The van der Waals surface area contributed by atoms with E-state index in [2.05, 4.69) is 15.6 Å². The Hall–Kier alpha value is -3.49. The number of rotatable bonds is 5. The molecule has 24 heavy (non-hydrogen) atoms. The van der Waals surface area contributed by atoms with Gasteiger partial charge in [0, 0.05) is 31.1 Å². The number of nitro groups is 1. The lowest BCUT2D eigenvalue weighted by Gasteiger charge is -2.10. The number of methoxy groups -OCH3 is 1. The number of nitrogens with zero attached hydrogens (tertiary/aromatic N) is 2. The molecule has 0 spiro atoms. The molecule has 1 aromatic carbocycles. The normalized spacial score (nSPS) is 9.88. The molecule has 1 aromatic heterocycles. The Bertz CT molecular complexity index is 764. The number of benzene rings is 1. The molecule has 0 atom stereocenters. The number of pyridine rings is 1. The molecule has 9 nitrogen and oxygen atoms in total. The highest BCUT2D eigenvalue weighted by atomic mass is 16.6. The van der Waals surface area contributed by atoms with Crippen molar-refractivity contribution >= 4 is 23.2 Å². The highest BCUT2D eigenvalue weighted by Crippen LogP contribution is 2.28. The molecule has 0 aliphatic rings. The first-order chi connectivity index (χ1) is 11.5. The summed E-state index contributed by atoms with van der Waals surface area (Å²) in [7, 11) is 1.35. The van der Waals surface area contributed by atoms with Gasteiger partial charge >= 0.3 is 11.8 Å². The van der Waals surface area contributed by atoms with Crippen LogP contribution in [0.25, 0.3) is 0 Å². The Kier molecular flexibility index (Phi) is 5.40. The highest BCUT2D eigenvalue weighted by Gasteiger charge is 2.18. The highest BCUT2D eigenvalue weighted by molar-refractivity contribution is 6.39. The summed E-state index contributed by atoms with van der Waals surface area (Å²) in [5, 5.41) is 15.5. The maximum atomic E-state index is 11.9. The molecular weight excluding hydrogens is 316 g/mol. The van der Waals surface area contributed by atoms with Crippen LogP contribution >= 0.6 is 0 Å². The maximum Gasteiger partial charge on any atom is 0.313 e. The molecule has 2 amide bonds. The zero-order valence-corrected chi connectivity index (χ0v) is 12.7. The molecule has 2 rings (SSSR count). The van der Waals surface area contributed by atoms with Crippen molar-refractivity contribution in [1.82, 2.24) is 10.3 Å². The molecule has 9 heteroatoms. The van der Waals surface area contributed by atoms with E-state index in [1.807, 2.05) is 0 Å². The van der Waals surface area contributed by atoms with Crippen LogP contribution in [0.5, 0.6) is 5.75 Å². The van der Waals surface area contributed by atoms with Crippen molar-refractivity contribution in [2.75, 3.05) is 12.4 Å². The number of ether oxygens (including phenoxy) is 1. The van der Waals surface area contributed by atoms with Gasteiger partial charge in [0.05, 0.1) is 17.7 Å². The minimum absolute atomic E-state index is 0.0377. The fourth-order valence-electron chi connectivity index (χ4n) is 1.85. The van der Waals surface area contributed by atoms with Gasteiger partial charge in [-0.25, -0.2) is 0 Å². The summed E-state index contributed by atoms with van der Waals surface area (Å²) >= 11 is 0. The summed E-state index contributed by atoms with van der Waals surface area (Å²) in [5.74, 6) is -1.63. The lowest BCUT2D eigenvalue weighted by atomic mass is 10.2. The van der Waals surface area contributed by atoms with Crippen molar-refractivity contribution in [2.24, 2.45) is 0 Å². The molecule has 2 N–H and O–H groups in total. The molecule has 0 radical (unpaired) electrons. The van der Waals surface area contributed by atoms with Crippen molar-refractivity contribution < 1.29 is 19.2 Å². The van der Waals surface area contributed by atoms with Gasteiger partial charge in [-0.05, 0) is 23.8 Å². The van der Waals surface area contributed by atoms with E-state index in [-0.39, 0.29) is 23.7 Å². The second-order valence-electron chi connectivity index (χ2n) is 4.63. The number of carbonyl (C=O) groups excluding carboxylic acids is 2. The zero-order valence-electron chi connectivity index (χ0n) is 12.7. The first-order valence-electron chi connectivity index (χ1n) is 6.81. The quantitative estimate of drug-likeness (QED) is 0.483. The Morgan fingerprint density at radius 1 is 1.21 bits per heavy atom. The van der Waals surface area contributed by atoms with Gasteiger partial charge in [0.15, 0.2) is 0 Å². The van der Waals surface area contributed by atoms with Gasteiger partial charge in [-0.15, -0.1) is 0 Å². The van der Waals surface area contributed by atoms with Gasteiger partial charge in [0.25, 0.3) is 5.69 Å². The monoisotopic (exact) mass is 330 g/mol. The van der Waals surface area contributed by atoms with Gasteiger partial charge in [0.1, 0.15) is 5.75 Å². The zero-order chi connectivity index (χ0) is 17.5.